The monoisotopic (exact) mass is 301 g/mol. The van der Waals surface area contributed by atoms with E-state index in [-0.39, 0.29) is 23.8 Å². The number of hydrogen-bond acceptors (Lipinski definition) is 3. The summed E-state index contributed by atoms with van der Waals surface area (Å²) in [4.78, 5) is 0.871. The van der Waals surface area contributed by atoms with Gasteiger partial charge in [-0.1, -0.05) is 12.1 Å². The van der Waals surface area contributed by atoms with E-state index in [2.05, 4.69) is 12.2 Å². The van der Waals surface area contributed by atoms with E-state index in [1.807, 2.05) is 24.3 Å². The Morgan fingerprint density at radius 1 is 1.30 bits per heavy atom. The minimum Gasteiger partial charge on any atom is -0.396 e. The fourth-order valence-electron chi connectivity index (χ4n) is 2.07. The molecule has 20 heavy (non-hydrogen) atoms. The Morgan fingerprint density at radius 3 is 2.45 bits per heavy atom. The lowest BCUT2D eigenvalue weighted by atomic mass is 10.1. The van der Waals surface area contributed by atoms with Gasteiger partial charge in [0.05, 0.1) is 5.75 Å². The number of thioether (sulfide) groups is 1. The number of hydrogen-bond donors (Lipinski definition) is 2. The molecule has 1 atom stereocenters. The molecule has 0 heterocycles. The third kappa shape index (κ3) is 4.43. The number of rotatable bonds is 8. The van der Waals surface area contributed by atoms with Crippen molar-refractivity contribution in [2.45, 2.75) is 37.1 Å². The molecule has 0 radical (unpaired) electrons. The topological polar surface area (TPSA) is 32.3 Å². The molecule has 1 aromatic rings. The highest BCUT2D eigenvalue weighted by atomic mass is 32.2. The van der Waals surface area contributed by atoms with Crippen LogP contribution in [0.5, 0.6) is 0 Å². The number of aliphatic hydroxyl groups excluding tert-OH is 1. The Bertz CT molecular complexity index is 420. The van der Waals surface area contributed by atoms with E-state index in [4.69, 9.17) is 0 Å². The second-order valence-corrected chi connectivity index (χ2v) is 6.63. The molecule has 0 aliphatic heterocycles. The van der Waals surface area contributed by atoms with Crippen molar-refractivity contribution in [3.05, 3.63) is 29.8 Å². The molecule has 0 aromatic heterocycles. The first-order valence-corrected chi connectivity index (χ1v) is 7.88. The van der Waals surface area contributed by atoms with Crippen molar-refractivity contribution < 1.29 is 13.9 Å². The predicted molar refractivity (Wildman–Crippen MR) is 78.3 cm³/mol. The van der Waals surface area contributed by atoms with Gasteiger partial charge in [0.1, 0.15) is 0 Å². The second-order valence-electron chi connectivity index (χ2n) is 5.53. The third-order valence-corrected chi connectivity index (χ3v) is 4.86. The Balaban J connectivity index is 1.82. The number of aliphatic hydroxyl groups is 1. The largest absolute Gasteiger partial charge is 0.396 e. The van der Waals surface area contributed by atoms with E-state index in [0.717, 1.165) is 29.8 Å². The molecule has 0 amide bonds. The summed E-state index contributed by atoms with van der Waals surface area (Å²) >= 11 is 1.18. The molecule has 1 saturated carbocycles. The first-order chi connectivity index (χ1) is 9.54. The predicted octanol–water partition coefficient (Wildman–Crippen LogP) is 3.47. The van der Waals surface area contributed by atoms with Gasteiger partial charge in [-0.3, -0.25) is 0 Å². The third-order valence-electron chi connectivity index (χ3n) is 3.83. The Hall–Kier alpha value is -0.650. The van der Waals surface area contributed by atoms with E-state index in [9.17, 15) is 13.9 Å². The van der Waals surface area contributed by atoms with Crippen molar-refractivity contribution in [2.75, 3.05) is 18.9 Å². The molecule has 5 heteroatoms. The first-order valence-electron chi connectivity index (χ1n) is 6.90. The fourth-order valence-corrected chi connectivity index (χ4v) is 2.71. The molecule has 1 fully saturated rings. The van der Waals surface area contributed by atoms with Gasteiger partial charge in [-0.15, -0.1) is 11.8 Å². The van der Waals surface area contributed by atoms with Crippen LogP contribution in [-0.2, 0) is 0 Å². The highest BCUT2D eigenvalue weighted by Gasteiger charge is 2.41. The molecule has 0 bridgehead atoms. The summed E-state index contributed by atoms with van der Waals surface area (Å²) in [7, 11) is 0. The molecule has 1 aromatic carbocycles. The van der Waals surface area contributed by atoms with Crippen LogP contribution in [0.2, 0.25) is 0 Å². The maximum atomic E-state index is 12.1. The summed E-state index contributed by atoms with van der Waals surface area (Å²) in [6.45, 7) is 3.15. The SMILES string of the molecule is CC(NCC1(CO)CC1)c1ccc(SCC(F)F)cc1. The van der Waals surface area contributed by atoms with Crippen LogP contribution in [-0.4, -0.2) is 30.4 Å². The lowest BCUT2D eigenvalue weighted by Crippen LogP contribution is -2.28. The molecular weight excluding hydrogens is 280 g/mol. The molecule has 0 saturated heterocycles. The number of benzene rings is 1. The van der Waals surface area contributed by atoms with Crippen LogP contribution in [0.25, 0.3) is 0 Å². The molecule has 2 nitrogen and oxygen atoms in total. The van der Waals surface area contributed by atoms with Crippen molar-refractivity contribution >= 4 is 11.8 Å². The minimum absolute atomic E-state index is 0.0985. The van der Waals surface area contributed by atoms with Crippen LogP contribution < -0.4 is 5.32 Å². The maximum Gasteiger partial charge on any atom is 0.247 e. The van der Waals surface area contributed by atoms with Crippen LogP contribution in [0.1, 0.15) is 31.4 Å². The van der Waals surface area contributed by atoms with E-state index in [1.54, 1.807) is 0 Å². The van der Waals surface area contributed by atoms with Crippen LogP contribution >= 0.6 is 11.8 Å². The van der Waals surface area contributed by atoms with Crippen molar-refractivity contribution in [1.82, 2.24) is 5.32 Å². The Labute approximate surface area is 123 Å². The highest BCUT2D eigenvalue weighted by molar-refractivity contribution is 7.99. The summed E-state index contributed by atoms with van der Waals surface area (Å²) in [6, 6.07) is 7.93. The molecule has 1 aliphatic rings. The Morgan fingerprint density at radius 2 is 1.95 bits per heavy atom. The zero-order valence-electron chi connectivity index (χ0n) is 11.6. The second kappa shape index (κ2) is 6.87. The van der Waals surface area contributed by atoms with Gasteiger partial charge in [-0.25, -0.2) is 8.78 Å². The number of halogens is 2. The summed E-state index contributed by atoms with van der Waals surface area (Å²) < 4.78 is 24.3. The van der Waals surface area contributed by atoms with Crippen LogP contribution in [0.3, 0.4) is 0 Å². The van der Waals surface area contributed by atoms with Gasteiger partial charge in [-0.05, 0) is 37.5 Å². The average molecular weight is 301 g/mol. The molecule has 1 unspecified atom stereocenters. The number of alkyl halides is 2. The van der Waals surface area contributed by atoms with E-state index < -0.39 is 6.43 Å². The molecule has 2 rings (SSSR count). The zero-order chi connectivity index (χ0) is 14.6. The van der Waals surface area contributed by atoms with Gasteiger partial charge in [0.2, 0.25) is 6.43 Å². The van der Waals surface area contributed by atoms with Crippen molar-refractivity contribution in [3.8, 4) is 0 Å². The average Bonchev–Trinajstić information content (AvgIpc) is 3.24. The fraction of sp³-hybridized carbons (Fsp3) is 0.600. The van der Waals surface area contributed by atoms with E-state index in [1.165, 1.54) is 11.8 Å². The van der Waals surface area contributed by atoms with Gasteiger partial charge in [0, 0.05) is 29.5 Å². The molecule has 112 valence electrons. The smallest absolute Gasteiger partial charge is 0.247 e. The molecule has 0 spiro atoms. The van der Waals surface area contributed by atoms with Gasteiger partial charge in [0.25, 0.3) is 0 Å². The lowest BCUT2D eigenvalue weighted by Gasteiger charge is -2.19. The zero-order valence-corrected chi connectivity index (χ0v) is 12.4. The summed E-state index contributed by atoms with van der Waals surface area (Å²) in [5.41, 5.74) is 1.24. The van der Waals surface area contributed by atoms with Crippen LogP contribution in [0.4, 0.5) is 8.78 Å². The maximum absolute atomic E-state index is 12.1. The van der Waals surface area contributed by atoms with Crippen molar-refractivity contribution in [2.24, 2.45) is 5.41 Å². The summed E-state index contributed by atoms with van der Waals surface area (Å²) in [6.07, 6.45) is -0.0905. The molecule has 1 aliphatic carbocycles. The van der Waals surface area contributed by atoms with Crippen LogP contribution in [0.15, 0.2) is 29.2 Å². The van der Waals surface area contributed by atoms with Gasteiger partial charge in [-0.2, -0.15) is 0 Å². The van der Waals surface area contributed by atoms with Gasteiger partial charge < -0.3 is 10.4 Å². The highest BCUT2D eigenvalue weighted by Crippen LogP contribution is 2.44. The molecule has 2 N–H and O–H groups in total. The van der Waals surface area contributed by atoms with Crippen LogP contribution in [0, 0.1) is 5.41 Å². The van der Waals surface area contributed by atoms with Gasteiger partial charge >= 0.3 is 0 Å². The standard InChI is InChI=1S/C15H21F2NOS/c1-11(18-9-15(10-19)6-7-15)12-2-4-13(5-3-12)20-8-14(16)17/h2-5,11,14,18-19H,6-10H2,1H3. The Kier molecular flexibility index (Phi) is 5.41. The quantitative estimate of drug-likeness (QED) is 0.721. The first kappa shape index (κ1) is 15.7. The summed E-state index contributed by atoms with van der Waals surface area (Å²) in [5, 5.41) is 12.7. The van der Waals surface area contributed by atoms with Gasteiger partial charge in [0.15, 0.2) is 0 Å². The lowest BCUT2D eigenvalue weighted by molar-refractivity contribution is 0.177. The number of nitrogens with one attached hydrogen (secondary N) is 1. The van der Waals surface area contributed by atoms with Crippen molar-refractivity contribution in [3.63, 3.8) is 0 Å². The van der Waals surface area contributed by atoms with E-state index >= 15 is 0 Å². The normalized spacial score (nSPS) is 18.2. The summed E-state index contributed by atoms with van der Waals surface area (Å²) in [5.74, 6) is -0.161. The molecular formula is C15H21F2NOS. The van der Waals surface area contributed by atoms with E-state index in [0.29, 0.717) is 0 Å². The van der Waals surface area contributed by atoms with Crippen molar-refractivity contribution in [1.29, 1.82) is 0 Å². The minimum atomic E-state index is -2.27.